The summed E-state index contributed by atoms with van der Waals surface area (Å²) < 4.78 is 12.4. The molecule has 0 saturated heterocycles. The third-order valence-corrected chi connectivity index (χ3v) is 4.97. The number of rotatable bonds is 5. The standard InChI is InChI=1S/C18H16N4O4S/c1-22-17(11-2-5-13(23)6-3-11)20-21-18(22)27-9-16(24)19-12-4-7-14-15(8-12)26-10-25-14/h2-8,23H,9-10H2,1H3,(H,19,24). The molecule has 0 bridgehead atoms. The van der Waals surface area contributed by atoms with Crippen molar-refractivity contribution in [1.29, 1.82) is 0 Å². The zero-order valence-electron chi connectivity index (χ0n) is 14.4. The van der Waals surface area contributed by atoms with Gasteiger partial charge in [0.25, 0.3) is 0 Å². The third kappa shape index (κ3) is 3.68. The molecule has 0 atom stereocenters. The first kappa shape index (κ1) is 17.2. The van der Waals surface area contributed by atoms with E-state index in [0.717, 1.165) is 5.56 Å². The Bertz CT molecular complexity index is 988. The number of nitrogens with one attached hydrogen (secondary N) is 1. The fourth-order valence-electron chi connectivity index (χ4n) is 2.60. The van der Waals surface area contributed by atoms with E-state index in [-0.39, 0.29) is 24.2 Å². The molecule has 0 aliphatic carbocycles. The summed E-state index contributed by atoms with van der Waals surface area (Å²) in [7, 11) is 1.83. The Labute approximate surface area is 159 Å². The molecule has 9 heteroatoms. The highest BCUT2D eigenvalue weighted by Gasteiger charge is 2.16. The molecular weight excluding hydrogens is 368 g/mol. The maximum Gasteiger partial charge on any atom is 0.234 e. The van der Waals surface area contributed by atoms with Crippen LogP contribution in [0, 0.1) is 0 Å². The number of benzene rings is 2. The Morgan fingerprint density at radius 2 is 1.96 bits per heavy atom. The van der Waals surface area contributed by atoms with Crippen molar-refractivity contribution in [3.05, 3.63) is 42.5 Å². The Morgan fingerprint density at radius 3 is 2.78 bits per heavy atom. The number of nitrogens with zero attached hydrogens (tertiary/aromatic N) is 3. The van der Waals surface area contributed by atoms with Gasteiger partial charge in [0.05, 0.1) is 5.75 Å². The number of aromatic nitrogens is 3. The second-order valence-electron chi connectivity index (χ2n) is 5.82. The number of anilines is 1. The second-order valence-corrected chi connectivity index (χ2v) is 6.76. The number of carbonyl (C=O) groups excluding carboxylic acids is 1. The van der Waals surface area contributed by atoms with E-state index in [0.29, 0.717) is 28.2 Å². The third-order valence-electron chi connectivity index (χ3n) is 3.95. The smallest absolute Gasteiger partial charge is 0.234 e. The normalized spacial score (nSPS) is 12.2. The number of fused-ring (bicyclic) bond motifs is 1. The number of aromatic hydroxyl groups is 1. The quantitative estimate of drug-likeness (QED) is 0.653. The van der Waals surface area contributed by atoms with Crippen molar-refractivity contribution >= 4 is 23.4 Å². The number of hydrogen-bond acceptors (Lipinski definition) is 7. The fourth-order valence-corrected chi connectivity index (χ4v) is 3.31. The molecule has 3 aromatic rings. The first-order chi connectivity index (χ1) is 13.1. The number of phenols is 1. The molecule has 0 fully saturated rings. The zero-order chi connectivity index (χ0) is 18.8. The summed E-state index contributed by atoms with van der Waals surface area (Å²) in [4.78, 5) is 12.2. The van der Waals surface area contributed by atoms with Crippen LogP contribution in [0.5, 0.6) is 17.2 Å². The van der Waals surface area contributed by atoms with Crippen LogP contribution < -0.4 is 14.8 Å². The zero-order valence-corrected chi connectivity index (χ0v) is 15.2. The number of amides is 1. The van der Waals surface area contributed by atoms with Crippen LogP contribution in [0.15, 0.2) is 47.6 Å². The van der Waals surface area contributed by atoms with Gasteiger partial charge >= 0.3 is 0 Å². The van der Waals surface area contributed by atoms with E-state index in [1.54, 1.807) is 42.5 Å². The first-order valence-corrected chi connectivity index (χ1v) is 9.10. The van der Waals surface area contributed by atoms with Crippen LogP contribution in [0.4, 0.5) is 5.69 Å². The number of phenolic OH excluding ortho intramolecular Hbond substituents is 1. The average Bonchev–Trinajstić information content (AvgIpc) is 3.27. The lowest BCUT2D eigenvalue weighted by Gasteiger charge is -2.06. The Morgan fingerprint density at radius 1 is 1.19 bits per heavy atom. The Balaban J connectivity index is 1.38. The summed E-state index contributed by atoms with van der Waals surface area (Å²) in [6, 6.07) is 12.0. The molecular formula is C18H16N4O4S. The van der Waals surface area contributed by atoms with Crippen LogP contribution in [0.1, 0.15) is 0 Å². The van der Waals surface area contributed by atoms with Crippen molar-refractivity contribution in [3.63, 3.8) is 0 Å². The van der Waals surface area contributed by atoms with Crippen molar-refractivity contribution in [2.45, 2.75) is 5.16 Å². The fraction of sp³-hybridized carbons (Fsp3) is 0.167. The van der Waals surface area contributed by atoms with Crippen LogP contribution in [0.3, 0.4) is 0 Å². The molecule has 8 nitrogen and oxygen atoms in total. The van der Waals surface area contributed by atoms with E-state index in [1.807, 2.05) is 11.6 Å². The first-order valence-electron chi connectivity index (χ1n) is 8.11. The summed E-state index contributed by atoms with van der Waals surface area (Å²) in [6.45, 7) is 0.193. The number of carbonyl (C=O) groups is 1. The van der Waals surface area contributed by atoms with Gasteiger partial charge in [0, 0.05) is 24.4 Å². The van der Waals surface area contributed by atoms with E-state index < -0.39 is 0 Å². The van der Waals surface area contributed by atoms with Gasteiger partial charge in [-0.3, -0.25) is 4.79 Å². The van der Waals surface area contributed by atoms with Gasteiger partial charge in [-0.05, 0) is 36.4 Å². The second kappa shape index (κ2) is 7.20. The van der Waals surface area contributed by atoms with Crippen LogP contribution in [0.25, 0.3) is 11.4 Å². The number of thioether (sulfide) groups is 1. The molecule has 0 radical (unpaired) electrons. The van der Waals surface area contributed by atoms with Crippen molar-refractivity contribution in [2.24, 2.45) is 7.05 Å². The molecule has 4 rings (SSSR count). The summed E-state index contributed by atoms with van der Waals surface area (Å²) in [5.74, 6) is 2.17. The minimum Gasteiger partial charge on any atom is -0.508 e. The molecule has 2 heterocycles. The summed E-state index contributed by atoms with van der Waals surface area (Å²) in [5, 5.41) is 21.1. The lowest BCUT2D eigenvalue weighted by Crippen LogP contribution is -2.14. The topological polar surface area (TPSA) is 98.5 Å². The van der Waals surface area contributed by atoms with Gasteiger partial charge in [-0.2, -0.15) is 0 Å². The minimum absolute atomic E-state index is 0.159. The highest BCUT2D eigenvalue weighted by molar-refractivity contribution is 7.99. The van der Waals surface area contributed by atoms with Crippen molar-refractivity contribution in [3.8, 4) is 28.6 Å². The van der Waals surface area contributed by atoms with Gasteiger partial charge in [0.15, 0.2) is 22.5 Å². The van der Waals surface area contributed by atoms with Gasteiger partial charge in [-0.15, -0.1) is 10.2 Å². The molecule has 1 aliphatic heterocycles. The molecule has 2 N–H and O–H groups in total. The van der Waals surface area contributed by atoms with Gasteiger partial charge in [-0.25, -0.2) is 0 Å². The maximum absolute atomic E-state index is 12.2. The molecule has 0 spiro atoms. The van der Waals surface area contributed by atoms with Crippen LogP contribution in [0.2, 0.25) is 0 Å². The summed E-state index contributed by atoms with van der Waals surface area (Å²) >= 11 is 1.29. The summed E-state index contributed by atoms with van der Waals surface area (Å²) in [6.07, 6.45) is 0. The number of ether oxygens (including phenoxy) is 2. The molecule has 27 heavy (non-hydrogen) atoms. The van der Waals surface area contributed by atoms with Gasteiger partial charge in [0.1, 0.15) is 5.75 Å². The highest BCUT2D eigenvalue weighted by Crippen LogP contribution is 2.34. The molecule has 138 valence electrons. The molecule has 1 aliphatic rings. The summed E-state index contributed by atoms with van der Waals surface area (Å²) in [5.41, 5.74) is 1.48. The number of hydrogen-bond donors (Lipinski definition) is 2. The highest BCUT2D eigenvalue weighted by atomic mass is 32.2. The van der Waals surface area contributed by atoms with E-state index in [4.69, 9.17) is 9.47 Å². The van der Waals surface area contributed by atoms with Crippen LogP contribution in [-0.2, 0) is 11.8 Å². The lowest BCUT2D eigenvalue weighted by atomic mass is 10.2. The minimum atomic E-state index is -0.159. The molecule has 1 aromatic heterocycles. The molecule has 1 amide bonds. The molecule has 2 aromatic carbocycles. The average molecular weight is 384 g/mol. The Kier molecular flexibility index (Phi) is 4.59. The lowest BCUT2D eigenvalue weighted by molar-refractivity contribution is -0.113. The Hall–Kier alpha value is -3.20. The van der Waals surface area contributed by atoms with Gasteiger partial charge < -0.3 is 24.5 Å². The van der Waals surface area contributed by atoms with E-state index in [2.05, 4.69) is 15.5 Å². The van der Waals surface area contributed by atoms with Crippen LogP contribution in [-0.4, -0.2) is 38.3 Å². The maximum atomic E-state index is 12.2. The molecule has 0 saturated carbocycles. The van der Waals surface area contributed by atoms with E-state index in [9.17, 15) is 9.90 Å². The van der Waals surface area contributed by atoms with Crippen molar-refractivity contribution < 1.29 is 19.4 Å². The monoisotopic (exact) mass is 384 g/mol. The van der Waals surface area contributed by atoms with Crippen molar-refractivity contribution in [1.82, 2.24) is 14.8 Å². The van der Waals surface area contributed by atoms with Crippen LogP contribution >= 0.6 is 11.8 Å². The van der Waals surface area contributed by atoms with Gasteiger partial charge in [0.2, 0.25) is 12.7 Å². The van der Waals surface area contributed by atoms with Crippen molar-refractivity contribution in [2.75, 3.05) is 17.9 Å². The predicted molar refractivity (Wildman–Crippen MR) is 100 cm³/mol. The SMILES string of the molecule is Cn1c(SCC(=O)Nc2ccc3c(c2)OCO3)nnc1-c1ccc(O)cc1. The molecule has 0 unspecified atom stereocenters. The van der Waals surface area contributed by atoms with E-state index in [1.165, 1.54) is 11.8 Å². The van der Waals surface area contributed by atoms with Gasteiger partial charge in [-0.1, -0.05) is 11.8 Å². The van der Waals surface area contributed by atoms with E-state index >= 15 is 0 Å². The predicted octanol–water partition coefficient (Wildman–Crippen LogP) is 2.65. The largest absolute Gasteiger partial charge is 0.508 e.